The molecule has 3 atom stereocenters. The molecule has 0 aromatic rings. The Morgan fingerprint density at radius 2 is 2.00 bits per heavy atom. The number of hydrogen-bond donors (Lipinski definition) is 1. The minimum Gasteiger partial charge on any atom is -0.481 e. The van der Waals surface area contributed by atoms with Crippen molar-refractivity contribution in [3.8, 4) is 0 Å². The Morgan fingerprint density at radius 3 is 2.59 bits per heavy atom. The number of rotatable bonds is 2. The average Bonchev–Trinajstić information content (AvgIpc) is 2.89. The van der Waals surface area contributed by atoms with Gasteiger partial charge in [0.15, 0.2) is 0 Å². The van der Waals surface area contributed by atoms with E-state index in [9.17, 15) is 9.90 Å². The summed E-state index contributed by atoms with van der Waals surface area (Å²) < 4.78 is 0. The van der Waals surface area contributed by atoms with Crippen LogP contribution in [-0.2, 0) is 4.79 Å². The molecule has 0 aromatic carbocycles. The number of fused-ring (bicyclic) bond motifs is 2. The van der Waals surface area contributed by atoms with Gasteiger partial charge >= 0.3 is 5.97 Å². The molecule has 2 saturated carbocycles. The van der Waals surface area contributed by atoms with E-state index >= 15 is 0 Å². The van der Waals surface area contributed by atoms with Gasteiger partial charge in [0.2, 0.25) is 0 Å². The first kappa shape index (κ1) is 11.3. The third-order valence-electron chi connectivity index (χ3n) is 5.80. The van der Waals surface area contributed by atoms with Crippen LogP contribution < -0.4 is 0 Å². The van der Waals surface area contributed by atoms with Crippen molar-refractivity contribution in [3.05, 3.63) is 12.2 Å². The van der Waals surface area contributed by atoms with Crippen LogP contribution in [0.15, 0.2) is 12.2 Å². The Morgan fingerprint density at radius 1 is 1.29 bits per heavy atom. The maximum absolute atomic E-state index is 11.5. The fraction of sp³-hybridized carbons (Fsp3) is 0.800. The van der Waals surface area contributed by atoms with Gasteiger partial charge < -0.3 is 5.11 Å². The van der Waals surface area contributed by atoms with Crippen LogP contribution in [0.3, 0.4) is 0 Å². The highest BCUT2D eigenvalue weighted by atomic mass is 16.4. The molecule has 0 spiro atoms. The Hall–Kier alpha value is -0.790. The molecular weight excluding hydrogens is 212 g/mol. The van der Waals surface area contributed by atoms with E-state index in [1.807, 2.05) is 0 Å². The summed E-state index contributed by atoms with van der Waals surface area (Å²) in [5, 5.41) is 9.51. The second-order valence-corrected chi connectivity index (χ2v) is 6.61. The lowest BCUT2D eigenvalue weighted by Crippen LogP contribution is -2.45. The molecule has 2 bridgehead atoms. The Labute approximate surface area is 103 Å². The van der Waals surface area contributed by atoms with Gasteiger partial charge in [-0.25, -0.2) is 0 Å². The summed E-state index contributed by atoms with van der Waals surface area (Å²) in [5.74, 6) is -0.154. The van der Waals surface area contributed by atoms with E-state index in [2.05, 4.69) is 19.1 Å². The van der Waals surface area contributed by atoms with Crippen LogP contribution in [-0.4, -0.2) is 11.1 Å². The monoisotopic (exact) mass is 234 g/mol. The van der Waals surface area contributed by atoms with Crippen molar-refractivity contribution in [2.45, 2.75) is 51.9 Å². The normalized spacial score (nSPS) is 42.9. The minimum atomic E-state index is -0.566. The van der Waals surface area contributed by atoms with E-state index in [0.29, 0.717) is 5.92 Å². The fourth-order valence-corrected chi connectivity index (χ4v) is 4.80. The number of allylic oxidation sites excluding steroid dienone is 2. The van der Waals surface area contributed by atoms with Crippen molar-refractivity contribution in [2.75, 3.05) is 0 Å². The van der Waals surface area contributed by atoms with Crippen molar-refractivity contribution in [2.24, 2.45) is 22.7 Å². The topological polar surface area (TPSA) is 37.3 Å². The number of carbonyl (C=O) groups is 1. The molecule has 0 amide bonds. The predicted octanol–water partition coefficient (Wildman–Crippen LogP) is 3.62. The quantitative estimate of drug-likeness (QED) is 0.741. The molecule has 94 valence electrons. The molecule has 0 aliphatic heterocycles. The van der Waals surface area contributed by atoms with E-state index < -0.39 is 5.97 Å². The molecule has 2 fully saturated rings. The predicted molar refractivity (Wildman–Crippen MR) is 66.6 cm³/mol. The van der Waals surface area contributed by atoms with E-state index in [1.165, 1.54) is 32.1 Å². The second kappa shape index (κ2) is 3.60. The van der Waals surface area contributed by atoms with Crippen LogP contribution in [0.4, 0.5) is 0 Å². The molecule has 17 heavy (non-hydrogen) atoms. The minimum absolute atomic E-state index is 0.0239. The summed E-state index contributed by atoms with van der Waals surface area (Å²) >= 11 is 0. The molecule has 3 rings (SSSR count). The van der Waals surface area contributed by atoms with Crippen LogP contribution in [0.1, 0.15) is 51.9 Å². The lowest BCUT2D eigenvalue weighted by atomic mass is 9.54. The van der Waals surface area contributed by atoms with Crippen LogP contribution in [0.25, 0.3) is 0 Å². The highest BCUT2D eigenvalue weighted by Gasteiger charge is 2.60. The van der Waals surface area contributed by atoms with Gasteiger partial charge in [-0.15, -0.1) is 0 Å². The fourth-order valence-electron chi connectivity index (χ4n) is 4.80. The summed E-state index contributed by atoms with van der Waals surface area (Å²) in [6.45, 7) is 2.35. The zero-order valence-corrected chi connectivity index (χ0v) is 10.6. The summed E-state index contributed by atoms with van der Waals surface area (Å²) in [4.78, 5) is 11.5. The maximum atomic E-state index is 11.5. The highest BCUT2D eigenvalue weighted by Crippen LogP contribution is 2.65. The molecule has 1 N–H and O–H groups in total. The molecule has 0 aromatic heterocycles. The molecule has 2 heteroatoms. The van der Waals surface area contributed by atoms with E-state index in [4.69, 9.17) is 0 Å². The molecule has 3 aliphatic carbocycles. The zero-order valence-electron chi connectivity index (χ0n) is 10.6. The van der Waals surface area contributed by atoms with Gasteiger partial charge in [0.1, 0.15) is 0 Å². The van der Waals surface area contributed by atoms with Crippen molar-refractivity contribution in [1.29, 1.82) is 0 Å². The summed E-state index contributed by atoms with van der Waals surface area (Å²) in [6, 6.07) is 0. The number of aliphatic carboxylic acids is 1. The van der Waals surface area contributed by atoms with Crippen molar-refractivity contribution in [1.82, 2.24) is 0 Å². The van der Waals surface area contributed by atoms with Gasteiger partial charge in [-0.1, -0.05) is 38.3 Å². The van der Waals surface area contributed by atoms with Crippen molar-refractivity contribution >= 4 is 5.97 Å². The zero-order chi connectivity index (χ0) is 12.1. The molecule has 0 heterocycles. The first-order valence-electron chi connectivity index (χ1n) is 7.00. The van der Waals surface area contributed by atoms with Gasteiger partial charge in [0, 0.05) is 5.41 Å². The summed E-state index contributed by atoms with van der Waals surface area (Å²) in [5.41, 5.74) is 0.208. The Balaban J connectivity index is 1.98. The van der Waals surface area contributed by atoms with Gasteiger partial charge in [-0.2, -0.15) is 0 Å². The molecular formula is C15H22O2. The smallest absolute Gasteiger partial charge is 0.307 e. The van der Waals surface area contributed by atoms with Crippen LogP contribution in [0, 0.1) is 22.7 Å². The lowest BCUT2D eigenvalue weighted by molar-refractivity contribution is -0.148. The van der Waals surface area contributed by atoms with Gasteiger partial charge in [0.25, 0.3) is 0 Å². The summed E-state index contributed by atoms with van der Waals surface area (Å²) in [6.07, 6.45) is 12.9. The first-order chi connectivity index (χ1) is 8.07. The number of carboxylic acid groups (broad SMARTS) is 1. The Kier molecular flexibility index (Phi) is 2.39. The summed E-state index contributed by atoms with van der Waals surface area (Å²) in [7, 11) is 0. The highest BCUT2D eigenvalue weighted by molar-refractivity contribution is 5.73. The van der Waals surface area contributed by atoms with Gasteiger partial charge in [0.05, 0.1) is 5.92 Å². The average molecular weight is 234 g/mol. The largest absolute Gasteiger partial charge is 0.481 e. The molecule has 3 aliphatic rings. The van der Waals surface area contributed by atoms with E-state index in [1.54, 1.807) is 0 Å². The first-order valence-corrected chi connectivity index (χ1v) is 7.00. The van der Waals surface area contributed by atoms with Crippen molar-refractivity contribution in [3.63, 3.8) is 0 Å². The molecule has 0 radical (unpaired) electrons. The van der Waals surface area contributed by atoms with Gasteiger partial charge in [-0.05, 0) is 37.0 Å². The molecule has 2 nitrogen and oxygen atoms in total. The standard InChI is InChI=1S/C15H22O2/c1-14(6-3-2-4-7-14)15-8-5-11(10-15)9-12(15)13(16)17/h5,8,11-12H,2-4,6-7,9-10H2,1H3,(H,16,17). The Bertz CT molecular complexity index is 365. The second-order valence-electron chi connectivity index (χ2n) is 6.61. The molecule has 0 saturated heterocycles. The van der Waals surface area contributed by atoms with Crippen LogP contribution >= 0.6 is 0 Å². The molecule has 3 unspecified atom stereocenters. The van der Waals surface area contributed by atoms with Crippen LogP contribution in [0.2, 0.25) is 0 Å². The third-order valence-corrected chi connectivity index (χ3v) is 5.80. The maximum Gasteiger partial charge on any atom is 0.307 e. The third kappa shape index (κ3) is 1.42. The van der Waals surface area contributed by atoms with E-state index in [-0.39, 0.29) is 16.7 Å². The van der Waals surface area contributed by atoms with Gasteiger partial charge in [-0.3, -0.25) is 4.79 Å². The van der Waals surface area contributed by atoms with E-state index in [0.717, 1.165) is 12.8 Å². The number of hydrogen-bond acceptors (Lipinski definition) is 1. The number of carboxylic acids is 1. The SMILES string of the molecule is CC1(C23C=CC(CC2C(=O)O)C3)CCCCC1. The lowest BCUT2D eigenvalue weighted by Gasteiger charge is -2.49. The van der Waals surface area contributed by atoms with Crippen LogP contribution in [0.5, 0.6) is 0 Å². The van der Waals surface area contributed by atoms with Crippen molar-refractivity contribution < 1.29 is 9.90 Å².